The number of nitrogens with two attached hydrogens (primary N) is 1. The van der Waals surface area contributed by atoms with Crippen molar-refractivity contribution in [2.75, 3.05) is 11.1 Å². The Bertz CT molecular complexity index is 726. The van der Waals surface area contributed by atoms with E-state index >= 15 is 0 Å². The van der Waals surface area contributed by atoms with Gasteiger partial charge in [-0.25, -0.2) is 4.98 Å². The molecule has 20 heavy (non-hydrogen) atoms. The maximum Gasteiger partial charge on any atom is 0.149 e. The van der Waals surface area contributed by atoms with Gasteiger partial charge in [0.1, 0.15) is 15.8 Å². The van der Waals surface area contributed by atoms with Gasteiger partial charge < -0.3 is 11.1 Å². The molecule has 0 spiro atoms. The van der Waals surface area contributed by atoms with Crippen LogP contribution in [0.2, 0.25) is 0 Å². The van der Waals surface area contributed by atoms with Crippen LogP contribution in [0.15, 0.2) is 17.5 Å². The Morgan fingerprint density at radius 2 is 2.15 bits per heavy atom. The molecule has 104 valence electrons. The molecule has 0 unspecified atom stereocenters. The lowest BCUT2D eigenvalue weighted by atomic mass is 10.3. The number of rotatable bonds is 4. The standard InChI is InChI=1S/C13H14N4S3/c1-7-6-18-13(16-7)10-11(14)17-20-12(10)15-5-9-4-3-8(2)19-9/h3-4,6,15H,5H2,1-2H3,(H2,14,17). The lowest BCUT2D eigenvalue weighted by molar-refractivity contribution is 1.21. The molecule has 0 amide bonds. The number of aryl methyl sites for hydroxylation is 2. The number of hydrogen-bond acceptors (Lipinski definition) is 7. The smallest absolute Gasteiger partial charge is 0.149 e. The van der Waals surface area contributed by atoms with E-state index in [1.54, 1.807) is 22.7 Å². The highest BCUT2D eigenvalue weighted by molar-refractivity contribution is 7.15. The normalized spacial score (nSPS) is 10.9. The van der Waals surface area contributed by atoms with Gasteiger partial charge in [0.25, 0.3) is 0 Å². The highest BCUT2D eigenvalue weighted by Gasteiger charge is 2.16. The van der Waals surface area contributed by atoms with Crippen LogP contribution in [-0.2, 0) is 6.54 Å². The molecular weight excluding hydrogens is 308 g/mol. The second-order valence-corrected chi connectivity index (χ2v) is 7.44. The molecule has 0 atom stereocenters. The predicted octanol–water partition coefficient (Wildman–Crippen LogP) is 4.14. The van der Waals surface area contributed by atoms with Gasteiger partial charge in [0, 0.05) is 20.8 Å². The third kappa shape index (κ3) is 2.70. The van der Waals surface area contributed by atoms with E-state index in [2.05, 4.69) is 33.7 Å². The van der Waals surface area contributed by atoms with E-state index in [1.165, 1.54) is 21.3 Å². The average molecular weight is 322 g/mol. The van der Waals surface area contributed by atoms with Crippen LogP contribution < -0.4 is 11.1 Å². The first-order valence-electron chi connectivity index (χ1n) is 6.10. The fraction of sp³-hybridized carbons (Fsp3) is 0.231. The molecule has 0 radical (unpaired) electrons. The topological polar surface area (TPSA) is 63.8 Å². The molecule has 0 bridgehead atoms. The third-order valence-corrected chi connectivity index (χ3v) is 5.57. The maximum absolute atomic E-state index is 5.98. The summed E-state index contributed by atoms with van der Waals surface area (Å²) in [6, 6.07) is 4.28. The van der Waals surface area contributed by atoms with Gasteiger partial charge in [-0.2, -0.15) is 4.37 Å². The number of thiophene rings is 1. The molecule has 0 fully saturated rings. The summed E-state index contributed by atoms with van der Waals surface area (Å²) in [6.07, 6.45) is 0. The van der Waals surface area contributed by atoms with E-state index < -0.39 is 0 Å². The lowest BCUT2D eigenvalue weighted by Crippen LogP contribution is -1.97. The Kier molecular flexibility index (Phi) is 3.73. The monoisotopic (exact) mass is 322 g/mol. The predicted molar refractivity (Wildman–Crippen MR) is 88.8 cm³/mol. The Hall–Kier alpha value is -1.44. The van der Waals surface area contributed by atoms with Gasteiger partial charge in [-0.15, -0.1) is 22.7 Å². The van der Waals surface area contributed by atoms with E-state index in [9.17, 15) is 0 Å². The SMILES string of the molecule is Cc1csc(-c2c(N)nsc2NCc2ccc(C)s2)n1. The number of thiazole rings is 1. The van der Waals surface area contributed by atoms with Crippen LogP contribution in [0, 0.1) is 13.8 Å². The van der Waals surface area contributed by atoms with Crippen molar-refractivity contribution in [2.45, 2.75) is 20.4 Å². The van der Waals surface area contributed by atoms with Crippen LogP contribution in [0.1, 0.15) is 15.4 Å². The minimum Gasteiger partial charge on any atom is -0.382 e. The zero-order valence-corrected chi connectivity index (χ0v) is 13.6. The van der Waals surface area contributed by atoms with Crippen LogP contribution in [0.3, 0.4) is 0 Å². The van der Waals surface area contributed by atoms with Crippen LogP contribution in [0.5, 0.6) is 0 Å². The molecule has 0 saturated carbocycles. The Balaban J connectivity index is 1.83. The van der Waals surface area contributed by atoms with Crippen LogP contribution in [-0.4, -0.2) is 9.36 Å². The first-order valence-corrected chi connectivity index (χ1v) is 8.57. The van der Waals surface area contributed by atoms with Gasteiger partial charge in [0.2, 0.25) is 0 Å². The van der Waals surface area contributed by atoms with Gasteiger partial charge >= 0.3 is 0 Å². The summed E-state index contributed by atoms with van der Waals surface area (Å²) in [7, 11) is 0. The summed E-state index contributed by atoms with van der Waals surface area (Å²) in [5.41, 5.74) is 7.93. The zero-order chi connectivity index (χ0) is 14.1. The van der Waals surface area contributed by atoms with Gasteiger partial charge in [-0.05, 0) is 37.5 Å². The van der Waals surface area contributed by atoms with Crippen molar-refractivity contribution in [2.24, 2.45) is 0 Å². The van der Waals surface area contributed by atoms with Crippen molar-refractivity contribution >= 4 is 45.0 Å². The quantitative estimate of drug-likeness (QED) is 0.758. The van der Waals surface area contributed by atoms with Crippen LogP contribution in [0.4, 0.5) is 10.8 Å². The Morgan fingerprint density at radius 1 is 1.30 bits per heavy atom. The van der Waals surface area contributed by atoms with Gasteiger partial charge in [-0.1, -0.05) is 0 Å². The molecule has 3 N–H and O–H groups in total. The number of anilines is 2. The number of aromatic nitrogens is 2. The number of nitrogens with zero attached hydrogens (tertiary/aromatic N) is 2. The van der Waals surface area contributed by atoms with Crippen molar-refractivity contribution < 1.29 is 0 Å². The molecule has 0 aromatic carbocycles. The van der Waals surface area contributed by atoms with E-state index in [0.29, 0.717) is 5.82 Å². The molecule has 3 rings (SSSR count). The third-order valence-electron chi connectivity index (χ3n) is 2.77. The Morgan fingerprint density at radius 3 is 2.80 bits per heavy atom. The van der Waals surface area contributed by atoms with Gasteiger partial charge in [-0.3, -0.25) is 0 Å². The highest BCUT2D eigenvalue weighted by Crippen LogP contribution is 2.38. The number of nitrogens with one attached hydrogen (secondary N) is 1. The molecule has 0 aliphatic heterocycles. The summed E-state index contributed by atoms with van der Waals surface area (Å²) in [5, 5.41) is 7.37. The lowest BCUT2D eigenvalue weighted by Gasteiger charge is -2.03. The molecule has 0 saturated heterocycles. The molecule has 3 heterocycles. The van der Waals surface area contributed by atoms with Crippen molar-refractivity contribution in [1.82, 2.24) is 9.36 Å². The second kappa shape index (κ2) is 5.51. The summed E-state index contributed by atoms with van der Waals surface area (Å²) < 4.78 is 4.25. The Labute approximate surface area is 129 Å². The van der Waals surface area contributed by atoms with Crippen LogP contribution >= 0.6 is 34.2 Å². The minimum absolute atomic E-state index is 0.550. The molecule has 4 nitrogen and oxygen atoms in total. The molecule has 3 aromatic heterocycles. The number of hydrogen-bond donors (Lipinski definition) is 2. The van der Waals surface area contributed by atoms with Crippen molar-refractivity contribution in [3.8, 4) is 10.6 Å². The minimum atomic E-state index is 0.550. The molecule has 3 aromatic rings. The summed E-state index contributed by atoms with van der Waals surface area (Å²) in [5.74, 6) is 0.550. The van der Waals surface area contributed by atoms with Crippen LogP contribution in [0.25, 0.3) is 10.6 Å². The molecule has 7 heteroatoms. The summed E-state index contributed by atoms with van der Waals surface area (Å²) in [4.78, 5) is 7.12. The van der Waals surface area contributed by atoms with Gasteiger partial charge in [0.05, 0.1) is 12.1 Å². The molecule has 0 aliphatic carbocycles. The summed E-state index contributed by atoms with van der Waals surface area (Å²) >= 11 is 4.79. The summed E-state index contributed by atoms with van der Waals surface area (Å²) in [6.45, 7) is 4.89. The van der Waals surface area contributed by atoms with E-state index in [1.807, 2.05) is 12.3 Å². The maximum atomic E-state index is 5.98. The molecule has 0 aliphatic rings. The first-order chi connectivity index (χ1) is 9.63. The largest absolute Gasteiger partial charge is 0.382 e. The highest BCUT2D eigenvalue weighted by atomic mass is 32.1. The molecular formula is C13H14N4S3. The first kappa shape index (κ1) is 13.5. The van der Waals surface area contributed by atoms with Crippen molar-refractivity contribution in [3.05, 3.63) is 33.0 Å². The van der Waals surface area contributed by atoms with E-state index in [0.717, 1.165) is 27.8 Å². The second-order valence-electron chi connectivity index (χ2n) is 4.43. The van der Waals surface area contributed by atoms with Crippen molar-refractivity contribution in [1.29, 1.82) is 0 Å². The van der Waals surface area contributed by atoms with Crippen molar-refractivity contribution in [3.63, 3.8) is 0 Å². The van der Waals surface area contributed by atoms with E-state index in [-0.39, 0.29) is 0 Å². The average Bonchev–Trinajstić information content (AvgIpc) is 3.09. The fourth-order valence-electron chi connectivity index (χ4n) is 1.85. The number of nitrogen functional groups attached to an aromatic ring is 1. The zero-order valence-electron chi connectivity index (χ0n) is 11.1. The van der Waals surface area contributed by atoms with Gasteiger partial charge in [0.15, 0.2) is 0 Å². The fourth-order valence-corrected chi connectivity index (χ4v) is 4.31. The van der Waals surface area contributed by atoms with E-state index in [4.69, 9.17) is 5.73 Å².